The van der Waals surface area contributed by atoms with Gasteiger partial charge in [-0.1, -0.05) is 72.4 Å². The van der Waals surface area contributed by atoms with Crippen LogP contribution >= 0.6 is 11.8 Å². The fraction of sp³-hybridized carbons (Fsp3) is 0.154. The maximum atomic E-state index is 13.0. The van der Waals surface area contributed by atoms with E-state index in [0.29, 0.717) is 23.4 Å². The average molecular weight is 455 g/mol. The lowest BCUT2D eigenvalue weighted by Crippen LogP contribution is -2.15. The Morgan fingerprint density at radius 2 is 1.76 bits per heavy atom. The van der Waals surface area contributed by atoms with Gasteiger partial charge in [-0.3, -0.25) is 24.5 Å². The second-order valence-corrected chi connectivity index (χ2v) is 8.88. The van der Waals surface area contributed by atoms with Gasteiger partial charge in [-0.15, -0.1) is 0 Å². The van der Waals surface area contributed by atoms with Crippen LogP contribution in [-0.4, -0.2) is 32.2 Å². The quantitative estimate of drug-likeness (QED) is 0.425. The number of benzene rings is 3. The number of rotatable bonds is 5. The number of hydrogen-bond donors (Lipinski definition) is 1. The summed E-state index contributed by atoms with van der Waals surface area (Å²) in [4.78, 5) is 34.4. The SMILES string of the molecule is CC(=O)Nc1nc2ccc(C(=O)Cc3ccccc3)cc2n1C1=NC(c2ccccc2)CS1. The van der Waals surface area contributed by atoms with E-state index in [1.54, 1.807) is 17.8 Å². The summed E-state index contributed by atoms with van der Waals surface area (Å²) in [7, 11) is 0. The molecule has 0 radical (unpaired) electrons. The largest absolute Gasteiger partial charge is 0.296 e. The number of aromatic nitrogens is 2. The lowest BCUT2D eigenvalue weighted by atomic mass is 10.0. The third-order valence-corrected chi connectivity index (χ3v) is 6.51. The van der Waals surface area contributed by atoms with Crippen molar-refractivity contribution in [3.63, 3.8) is 0 Å². The number of amides is 1. The van der Waals surface area contributed by atoms with Crippen LogP contribution < -0.4 is 5.32 Å². The number of fused-ring (bicyclic) bond motifs is 1. The Kier molecular flexibility index (Phi) is 5.79. The van der Waals surface area contributed by atoms with Crippen molar-refractivity contribution in [1.29, 1.82) is 0 Å². The molecule has 164 valence electrons. The molecule has 0 saturated heterocycles. The molecule has 5 rings (SSSR count). The van der Waals surface area contributed by atoms with Crippen molar-refractivity contribution >= 4 is 45.6 Å². The Hall–Kier alpha value is -3.71. The van der Waals surface area contributed by atoms with Crippen molar-refractivity contribution in [3.05, 3.63) is 95.6 Å². The number of imidazole rings is 1. The molecular weight excluding hydrogens is 432 g/mol. The van der Waals surface area contributed by atoms with Crippen LogP contribution in [0, 0.1) is 0 Å². The number of carbonyl (C=O) groups is 2. The van der Waals surface area contributed by atoms with Crippen molar-refractivity contribution in [1.82, 2.24) is 9.55 Å². The van der Waals surface area contributed by atoms with Gasteiger partial charge in [-0.05, 0) is 29.3 Å². The standard InChI is InChI=1S/C26H22N4O2S/c1-17(31)27-25-28-21-13-12-20(24(32)14-18-8-4-2-5-9-18)15-23(21)30(25)26-29-22(16-33-26)19-10-6-3-7-11-19/h2-13,15,22H,14,16H2,1H3,(H,27,28,31). The van der Waals surface area contributed by atoms with Crippen molar-refractivity contribution in [2.45, 2.75) is 19.4 Å². The number of hydrogen-bond acceptors (Lipinski definition) is 5. The van der Waals surface area contributed by atoms with E-state index in [2.05, 4.69) is 22.4 Å². The molecule has 1 amide bonds. The average Bonchev–Trinajstić information content (AvgIpc) is 3.43. The van der Waals surface area contributed by atoms with Gasteiger partial charge in [0.15, 0.2) is 11.0 Å². The summed E-state index contributed by atoms with van der Waals surface area (Å²) < 4.78 is 1.85. The molecule has 0 saturated carbocycles. The number of carbonyl (C=O) groups excluding carboxylic acids is 2. The molecule has 33 heavy (non-hydrogen) atoms. The summed E-state index contributed by atoms with van der Waals surface area (Å²) in [5.41, 5.74) is 4.16. The Bertz CT molecular complexity index is 1360. The summed E-state index contributed by atoms with van der Waals surface area (Å²) >= 11 is 1.61. The first-order valence-corrected chi connectivity index (χ1v) is 11.7. The monoisotopic (exact) mass is 454 g/mol. The van der Waals surface area contributed by atoms with Crippen LogP contribution in [0.4, 0.5) is 5.95 Å². The molecule has 7 heteroatoms. The molecule has 0 spiro atoms. The summed E-state index contributed by atoms with van der Waals surface area (Å²) in [5, 5.41) is 3.57. The minimum atomic E-state index is -0.213. The number of anilines is 1. The highest BCUT2D eigenvalue weighted by Gasteiger charge is 2.25. The zero-order valence-electron chi connectivity index (χ0n) is 18.1. The molecule has 1 unspecified atom stereocenters. The van der Waals surface area contributed by atoms with Gasteiger partial charge in [0.2, 0.25) is 11.9 Å². The minimum Gasteiger partial charge on any atom is -0.296 e. The molecule has 1 aromatic heterocycles. The normalized spacial score (nSPS) is 15.4. The molecule has 4 aromatic rings. The molecule has 1 N–H and O–H groups in total. The molecule has 2 heterocycles. The Morgan fingerprint density at radius 3 is 2.48 bits per heavy atom. The second-order valence-electron chi connectivity index (χ2n) is 7.89. The van der Waals surface area contributed by atoms with Crippen LogP contribution in [0.25, 0.3) is 11.0 Å². The summed E-state index contributed by atoms with van der Waals surface area (Å²) in [6.45, 7) is 1.45. The maximum absolute atomic E-state index is 13.0. The highest BCUT2D eigenvalue weighted by Crippen LogP contribution is 2.34. The molecular formula is C26H22N4O2S. The van der Waals surface area contributed by atoms with Crippen LogP contribution in [0.1, 0.15) is 34.5 Å². The predicted molar refractivity (Wildman–Crippen MR) is 133 cm³/mol. The van der Waals surface area contributed by atoms with Gasteiger partial charge in [0.1, 0.15) is 0 Å². The first-order valence-electron chi connectivity index (χ1n) is 10.7. The van der Waals surface area contributed by atoms with Crippen molar-refractivity contribution < 1.29 is 9.59 Å². The Labute approximate surface area is 195 Å². The van der Waals surface area contributed by atoms with Crippen LogP contribution in [0.3, 0.4) is 0 Å². The first-order chi connectivity index (χ1) is 16.1. The third kappa shape index (κ3) is 4.45. The number of nitrogens with one attached hydrogen (secondary N) is 1. The Balaban J connectivity index is 1.55. The lowest BCUT2D eigenvalue weighted by Gasteiger charge is -2.09. The molecule has 0 fully saturated rings. The third-order valence-electron chi connectivity index (χ3n) is 5.48. The van der Waals surface area contributed by atoms with Crippen LogP contribution in [0.2, 0.25) is 0 Å². The van der Waals surface area contributed by atoms with E-state index in [-0.39, 0.29) is 17.7 Å². The first kappa shape index (κ1) is 21.2. The van der Waals surface area contributed by atoms with Gasteiger partial charge in [0, 0.05) is 24.7 Å². The van der Waals surface area contributed by atoms with Gasteiger partial charge in [-0.25, -0.2) is 4.98 Å². The van der Waals surface area contributed by atoms with Crippen LogP contribution in [0.15, 0.2) is 83.9 Å². The molecule has 0 bridgehead atoms. The van der Waals surface area contributed by atoms with Gasteiger partial charge >= 0.3 is 0 Å². The Morgan fingerprint density at radius 1 is 1.03 bits per heavy atom. The maximum Gasteiger partial charge on any atom is 0.223 e. The summed E-state index contributed by atoms with van der Waals surface area (Å²) in [6.07, 6.45) is 0.324. The highest BCUT2D eigenvalue weighted by molar-refractivity contribution is 8.14. The van der Waals surface area contributed by atoms with E-state index in [9.17, 15) is 9.59 Å². The number of nitrogens with zero attached hydrogens (tertiary/aromatic N) is 3. The van der Waals surface area contributed by atoms with E-state index in [1.807, 2.05) is 65.2 Å². The van der Waals surface area contributed by atoms with Crippen LogP contribution in [0.5, 0.6) is 0 Å². The van der Waals surface area contributed by atoms with Gasteiger partial charge in [0.25, 0.3) is 0 Å². The molecule has 1 aliphatic heterocycles. The van der Waals surface area contributed by atoms with Crippen molar-refractivity contribution in [2.75, 3.05) is 11.1 Å². The predicted octanol–water partition coefficient (Wildman–Crippen LogP) is 5.11. The van der Waals surface area contributed by atoms with Crippen molar-refractivity contribution in [3.8, 4) is 0 Å². The molecule has 1 atom stereocenters. The van der Waals surface area contributed by atoms with Crippen LogP contribution in [-0.2, 0) is 11.2 Å². The van der Waals surface area contributed by atoms with E-state index < -0.39 is 0 Å². The number of thioether (sulfide) groups is 1. The number of aliphatic imine (C=N–C) groups is 1. The molecule has 3 aromatic carbocycles. The highest BCUT2D eigenvalue weighted by atomic mass is 32.2. The lowest BCUT2D eigenvalue weighted by molar-refractivity contribution is -0.114. The molecule has 6 nitrogen and oxygen atoms in total. The zero-order valence-corrected chi connectivity index (χ0v) is 18.9. The van der Waals surface area contributed by atoms with E-state index >= 15 is 0 Å². The molecule has 1 aliphatic rings. The van der Waals surface area contributed by atoms with E-state index in [4.69, 9.17) is 4.99 Å². The summed E-state index contributed by atoms with van der Waals surface area (Å²) in [5.74, 6) is 1.02. The number of Topliss-reactive ketones (excluding diaryl/α,β-unsaturated/α-hetero) is 1. The topological polar surface area (TPSA) is 76.3 Å². The van der Waals surface area contributed by atoms with Gasteiger partial charge in [0.05, 0.1) is 17.1 Å². The molecule has 0 aliphatic carbocycles. The van der Waals surface area contributed by atoms with Crippen molar-refractivity contribution in [2.24, 2.45) is 4.99 Å². The smallest absolute Gasteiger partial charge is 0.223 e. The summed E-state index contributed by atoms with van der Waals surface area (Å²) in [6, 6.07) is 25.3. The van der Waals surface area contributed by atoms with Gasteiger partial charge in [-0.2, -0.15) is 0 Å². The van der Waals surface area contributed by atoms with E-state index in [1.165, 1.54) is 6.92 Å². The fourth-order valence-electron chi connectivity index (χ4n) is 3.90. The number of ketones is 1. The minimum absolute atomic E-state index is 0.0247. The fourth-order valence-corrected chi connectivity index (χ4v) is 4.99. The zero-order chi connectivity index (χ0) is 22.8. The second kappa shape index (κ2) is 9.03. The van der Waals surface area contributed by atoms with E-state index in [0.717, 1.165) is 27.6 Å². The van der Waals surface area contributed by atoms with Gasteiger partial charge < -0.3 is 0 Å².